The standard InChI is InChI=1S/C28H33F3N4O/c1-2-3-7-17-36-24-15-13-22(14-16-24)34-27-32-19-25(28(29,30)31)26(35-27)33-23-12-8-11-21(18-23)20-9-5-4-6-10-20/h8,11-16,18-20H,2-7,9-10,17H2,1H3,(H2,32,33,34,35). The highest BCUT2D eigenvalue weighted by atomic mass is 19.4. The predicted molar refractivity (Wildman–Crippen MR) is 137 cm³/mol. The Morgan fingerprint density at radius 1 is 0.944 bits per heavy atom. The Hall–Kier alpha value is -3.29. The highest BCUT2D eigenvalue weighted by Gasteiger charge is 2.35. The van der Waals surface area contributed by atoms with Gasteiger partial charge >= 0.3 is 6.18 Å². The summed E-state index contributed by atoms with van der Waals surface area (Å²) in [5.74, 6) is 0.983. The summed E-state index contributed by atoms with van der Waals surface area (Å²) in [5, 5.41) is 5.89. The number of aromatic nitrogens is 2. The average molecular weight is 499 g/mol. The molecule has 1 aromatic heterocycles. The molecule has 0 bridgehead atoms. The van der Waals surface area contributed by atoms with E-state index < -0.39 is 11.7 Å². The molecule has 4 rings (SSSR count). The fourth-order valence-corrected chi connectivity index (χ4v) is 4.49. The van der Waals surface area contributed by atoms with Crippen LogP contribution in [0.2, 0.25) is 0 Å². The van der Waals surface area contributed by atoms with Crippen molar-refractivity contribution in [2.24, 2.45) is 0 Å². The number of nitrogens with zero attached hydrogens (tertiary/aromatic N) is 2. The predicted octanol–water partition coefficient (Wildman–Crippen LogP) is 8.60. The first kappa shape index (κ1) is 25.8. The zero-order valence-corrected chi connectivity index (χ0v) is 20.6. The van der Waals surface area contributed by atoms with E-state index in [0.717, 1.165) is 49.6 Å². The minimum absolute atomic E-state index is 0.0746. The third kappa shape index (κ3) is 7.12. The van der Waals surface area contributed by atoms with E-state index >= 15 is 0 Å². The van der Waals surface area contributed by atoms with Crippen LogP contribution < -0.4 is 15.4 Å². The minimum atomic E-state index is -4.58. The molecule has 5 nitrogen and oxygen atoms in total. The van der Waals surface area contributed by atoms with Crippen LogP contribution in [0, 0.1) is 0 Å². The molecule has 0 saturated heterocycles. The Morgan fingerprint density at radius 2 is 1.72 bits per heavy atom. The number of hydrogen-bond acceptors (Lipinski definition) is 5. The first-order valence-corrected chi connectivity index (χ1v) is 12.7. The van der Waals surface area contributed by atoms with Crippen LogP contribution in [0.1, 0.15) is 75.3 Å². The molecule has 0 aliphatic heterocycles. The molecule has 36 heavy (non-hydrogen) atoms. The van der Waals surface area contributed by atoms with Gasteiger partial charge < -0.3 is 15.4 Å². The van der Waals surface area contributed by atoms with Gasteiger partial charge in [-0.05, 0) is 67.1 Å². The molecule has 1 saturated carbocycles. The van der Waals surface area contributed by atoms with Crippen molar-refractivity contribution in [2.45, 2.75) is 70.4 Å². The molecule has 0 unspecified atom stereocenters. The van der Waals surface area contributed by atoms with E-state index in [1.54, 1.807) is 18.2 Å². The number of ether oxygens (including phenoxy) is 1. The topological polar surface area (TPSA) is 59.1 Å². The first-order chi connectivity index (χ1) is 17.4. The number of nitrogens with one attached hydrogen (secondary N) is 2. The molecule has 1 fully saturated rings. The SMILES string of the molecule is CCCCCOc1ccc(Nc2ncc(C(F)(F)F)c(Nc3cccc(C4CCCCC4)c3)n2)cc1. The van der Waals surface area contributed by atoms with Crippen molar-refractivity contribution in [3.63, 3.8) is 0 Å². The summed E-state index contributed by atoms with van der Waals surface area (Å²) in [6.45, 7) is 2.79. The fraction of sp³-hybridized carbons (Fsp3) is 0.429. The maximum atomic E-state index is 13.7. The van der Waals surface area contributed by atoms with Gasteiger partial charge in [0.2, 0.25) is 5.95 Å². The van der Waals surface area contributed by atoms with Crippen LogP contribution in [0.5, 0.6) is 5.75 Å². The summed E-state index contributed by atoms with van der Waals surface area (Å²) in [6, 6.07) is 14.8. The van der Waals surface area contributed by atoms with E-state index in [4.69, 9.17) is 4.74 Å². The van der Waals surface area contributed by atoms with Gasteiger partial charge in [0.25, 0.3) is 0 Å². The zero-order chi connectivity index (χ0) is 25.4. The van der Waals surface area contributed by atoms with Gasteiger partial charge in [0.1, 0.15) is 17.1 Å². The van der Waals surface area contributed by atoms with Gasteiger partial charge in [-0.1, -0.05) is 51.2 Å². The number of halogens is 3. The Labute approximate surface area is 210 Å². The van der Waals surface area contributed by atoms with Gasteiger partial charge in [-0.2, -0.15) is 18.2 Å². The molecular weight excluding hydrogens is 465 g/mol. The van der Waals surface area contributed by atoms with Crippen molar-refractivity contribution >= 4 is 23.1 Å². The maximum Gasteiger partial charge on any atom is 0.421 e. The molecule has 2 aromatic carbocycles. The van der Waals surface area contributed by atoms with Crippen LogP contribution in [-0.4, -0.2) is 16.6 Å². The number of rotatable bonds is 10. The van der Waals surface area contributed by atoms with Crippen molar-refractivity contribution in [3.8, 4) is 5.75 Å². The van der Waals surface area contributed by atoms with Crippen LogP contribution in [0.25, 0.3) is 0 Å². The second-order valence-corrected chi connectivity index (χ2v) is 9.24. The summed E-state index contributed by atoms with van der Waals surface area (Å²) < 4.78 is 46.9. The lowest BCUT2D eigenvalue weighted by Gasteiger charge is -2.22. The number of anilines is 4. The fourth-order valence-electron chi connectivity index (χ4n) is 4.49. The Morgan fingerprint density at radius 3 is 2.44 bits per heavy atom. The molecule has 0 spiro atoms. The van der Waals surface area contributed by atoms with E-state index in [2.05, 4.69) is 33.6 Å². The van der Waals surface area contributed by atoms with Crippen molar-refractivity contribution in [1.29, 1.82) is 0 Å². The van der Waals surface area contributed by atoms with E-state index in [0.29, 0.717) is 23.9 Å². The molecule has 0 radical (unpaired) electrons. The molecule has 8 heteroatoms. The van der Waals surface area contributed by atoms with E-state index in [9.17, 15) is 13.2 Å². The second kappa shape index (κ2) is 12.1. The van der Waals surface area contributed by atoms with E-state index in [1.807, 2.05) is 24.3 Å². The van der Waals surface area contributed by atoms with Gasteiger partial charge in [-0.3, -0.25) is 0 Å². The monoisotopic (exact) mass is 498 g/mol. The quantitative estimate of drug-likeness (QED) is 0.274. The number of alkyl halides is 3. The Bertz CT molecular complexity index is 1110. The molecule has 0 atom stereocenters. The van der Waals surface area contributed by atoms with Crippen molar-refractivity contribution in [2.75, 3.05) is 17.2 Å². The van der Waals surface area contributed by atoms with Crippen LogP contribution in [0.3, 0.4) is 0 Å². The van der Waals surface area contributed by atoms with Crippen LogP contribution in [0.4, 0.5) is 36.3 Å². The van der Waals surface area contributed by atoms with Gasteiger partial charge in [0.15, 0.2) is 0 Å². The highest BCUT2D eigenvalue weighted by molar-refractivity contribution is 5.63. The summed E-state index contributed by atoms with van der Waals surface area (Å²) in [4.78, 5) is 8.09. The molecule has 0 amide bonds. The lowest BCUT2D eigenvalue weighted by molar-refractivity contribution is -0.137. The Balaban J connectivity index is 1.50. The van der Waals surface area contributed by atoms with Gasteiger partial charge in [0.05, 0.1) is 6.61 Å². The minimum Gasteiger partial charge on any atom is -0.494 e. The molecule has 192 valence electrons. The average Bonchev–Trinajstić information content (AvgIpc) is 2.88. The van der Waals surface area contributed by atoms with E-state index in [-0.39, 0.29) is 11.8 Å². The summed E-state index contributed by atoms with van der Waals surface area (Å²) in [6.07, 6.45) is 5.31. The Kier molecular flexibility index (Phi) is 8.67. The molecule has 1 aliphatic carbocycles. The normalized spacial score (nSPS) is 14.4. The highest BCUT2D eigenvalue weighted by Crippen LogP contribution is 2.37. The van der Waals surface area contributed by atoms with Crippen molar-refractivity contribution in [1.82, 2.24) is 9.97 Å². The molecule has 3 aromatic rings. The maximum absolute atomic E-state index is 13.7. The van der Waals surface area contributed by atoms with Crippen LogP contribution >= 0.6 is 0 Å². The van der Waals surface area contributed by atoms with Gasteiger partial charge in [0, 0.05) is 17.6 Å². The van der Waals surface area contributed by atoms with Crippen LogP contribution in [0.15, 0.2) is 54.7 Å². The van der Waals surface area contributed by atoms with Crippen LogP contribution in [-0.2, 0) is 6.18 Å². The second-order valence-electron chi connectivity index (χ2n) is 9.24. The smallest absolute Gasteiger partial charge is 0.421 e. The number of hydrogen-bond donors (Lipinski definition) is 2. The summed E-state index contributed by atoms with van der Waals surface area (Å²) >= 11 is 0. The zero-order valence-electron chi connectivity index (χ0n) is 20.6. The number of benzene rings is 2. The van der Waals surface area contributed by atoms with Crippen molar-refractivity contribution in [3.05, 3.63) is 65.9 Å². The molecule has 1 heterocycles. The lowest BCUT2D eigenvalue weighted by atomic mass is 9.84. The molecular formula is C28H33F3N4O. The van der Waals surface area contributed by atoms with Gasteiger partial charge in [-0.25, -0.2) is 4.98 Å². The number of unbranched alkanes of at least 4 members (excludes halogenated alkanes) is 2. The van der Waals surface area contributed by atoms with Crippen molar-refractivity contribution < 1.29 is 17.9 Å². The largest absolute Gasteiger partial charge is 0.494 e. The molecule has 2 N–H and O–H groups in total. The summed E-state index contributed by atoms with van der Waals surface area (Å²) in [7, 11) is 0. The van der Waals surface area contributed by atoms with E-state index in [1.165, 1.54) is 19.3 Å². The third-order valence-corrected chi connectivity index (χ3v) is 6.45. The summed E-state index contributed by atoms with van der Waals surface area (Å²) in [5.41, 5.74) is 1.48. The lowest BCUT2D eigenvalue weighted by Crippen LogP contribution is -2.13. The first-order valence-electron chi connectivity index (χ1n) is 12.7. The van der Waals surface area contributed by atoms with Gasteiger partial charge in [-0.15, -0.1) is 0 Å². The third-order valence-electron chi connectivity index (χ3n) is 6.45. The molecule has 1 aliphatic rings.